The fourth-order valence-corrected chi connectivity index (χ4v) is 1.84. The molecule has 100 valence electrons. The normalized spacial score (nSPS) is 10.5. The lowest BCUT2D eigenvalue weighted by Crippen LogP contribution is -2.10. The van der Waals surface area contributed by atoms with Crippen molar-refractivity contribution in [1.82, 2.24) is 15.0 Å². The second kappa shape index (κ2) is 5.28. The molecule has 0 radical (unpaired) electrons. The van der Waals surface area contributed by atoms with Gasteiger partial charge in [-0.25, -0.2) is 10.8 Å². The Kier molecular flexibility index (Phi) is 3.32. The number of nitrogen functional groups attached to an aromatic ring is 1. The molecule has 7 heteroatoms. The third-order valence-electron chi connectivity index (χ3n) is 2.63. The Morgan fingerprint density at radius 1 is 1.20 bits per heavy atom. The van der Waals surface area contributed by atoms with Crippen molar-refractivity contribution in [1.29, 1.82) is 0 Å². The molecule has 0 fully saturated rings. The molecule has 0 saturated heterocycles. The highest BCUT2D eigenvalue weighted by molar-refractivity contribution is 6.31. The molecule has 3 rings (SSSR count). The fraction of sp³-hybridized carbons (Fsp3) is 0. The molecule has 20 heavy (non-hydrogen) atoms. The molecule has 0 atom stereocenters. The predicted octanol–water partition coefficient (Wildman–Crippen LogP) is 2.76. The third kappa shape index (κ3) is 2.47. The van der Waals surface area contributed by atoms with Crippen molar-refractivity contribution in [2.45, 2.75) is 0 Å². The van der Waals surface area contributed by atoms with Gasteiger partial charge < -0.3 is 4.74 Å². The van der Waals surface area contributed by atoms with Crippen molar-refractivity contribution >= 4 is 28.5 Å². The summed E-state index contributed by atoms with van der Waals surface area (Å²) < 4.78 is 5.64. The van der Waals surface area contributed by atoms with Gasteiger partial charge >= 0.3 is 0 Å². The Labute approximate surface area is 119 Å². The number of hydrazine groups is 1. The molecule has 0 spiro atoms. The highest BCUT2D eigenvalue weighted by Gasteiger charge is 2.08. The summed E-state index contributed by atoms with van der Waals surface area (Å²) in [6.07, 6.45) is 3.14. The second-order valence-corrected chi connectivity index (χ2v) is 4.36. The van der Waals surface area contributed by atoms with Crippen LogP contribution in [0.5, 0.6) is 11.6 Å². The van der Waals surface area contributed by atoms with Crippen LogP contribution in [0.2, 0.25) is 5.02 Å². The number of rotatable bonds is 3. The minimum absolute atomic E-state index is 0.225. The standard InChI is InChI=1S/C13H10ClN5O/c14-10-7-17-13(19-15)18-12(10)20-9-4-3-8-2-1-5-16-11(8)6-9/h1-7H,15H2,(H,17,18,19). The number of fused-ring (bicyclic) bond motifs is 1. The number of hydrogen-bond acceptors (Lipinski definition) is 6. The van der Waals surface area contributed by atoms with Gasteiger partial charge in [-0.2, -0.15) is 4.98 Å². The van der Waals surface area contributed by atoms with E-state index in [0.29, 0.717) is 10.8 Å². The van der Waals surface area contributed by atoms with Crippen LogP contribution in [0.25, 0.3) is 10.9 Å². The Balaban J connectivity index is 1.96. The average Bonchev–Trinajstić information content (AvgIpc) is 2.49. The largest absolute Gasteiger partial charge is 0.437 e. The summed E-state index contributed by atoms with van der Waals surface area (Å²) in [5.74, 6) is 6.29. The fourth-order valence-electron chi connectivity index (χ4n) is 1.71. The number of nitrogens with one attached hydrogen (secondary N) is 1. The maximum atomic E-state index is 5.99. The monoisotopic (exact) mass is 287 g/mol. The lowest BCUT2D eigenvalue weighted by molar-refractivity contribution is 0.463. The van der Waals surface area contributed by atoms with Crippen LogP contribution in [0.15, 0.2) is 42.7 Å². The molecule has 3 aromatic rings. The van der Waals surface area contributed by atoms with Crippen LogP contribution in [0.1, 0.15) is 0 Å². The molecule has 3 N–H and O–H groups in total. The summed E-state index contributed by atoms with van der Waals surface area (Å²) in [4.78, 5) is 12.2. The van der Waals surface area contributed by atoms with Crippen molar-refractivity contribution in [2.75, 3.05) is 5.43 Å². The number of benzene rings is 1. The molecular formula is C13H10ClN5O. The van der Waals surface area contributed by atoms with E-state index in [1.807, 2.05) is 30.3 Å². The van der Waals surface area contributed by atoms with Crippen LogP contribution in [0.3, 0.4) is 0 Å². The van der Waals surface area contributed by atoms with Gasteiger partial charge in [0.25, 0.3) is 0 Å². The SMILES string of the molecule is NNc1ncc(Cl)c(Oc2ccc3cccnc3c2)n1. The summed E-state index contributed by atoms with van der Waals surface area (Å²) >= 11 is 5.99. The minimum Gasteiger partial charge on any atom is -0.437 e. The average molecular weight is 288 g/mol. The van der Waals surface area contributed by atoms with Crippen molar-refractivity contribution in [3.05, 3.63) is 47.7 Å². The van der Waals surface area contributed by atoms with E-state index in [1.54, 1.807) is 6.20 Å². The molecule has 6 nitrogen and oxygen atoms in total. The molecule has 0 aliphatic heterocycles. The molecule has 1 aromatic carbocycles. The van der Waals surface area contributed by atoms with Crippen LogP contribution in [-0.4, -0.2) is 15.0 Å². The number of ether oxygens (including phenoxy) is 1. The second-order valence-electron chi connectivity index (χ2n) is 3.95. The summed E-state index contributed by atoms with van der Waals surface area (Å²) in [6, 6.07) is 9.39. The van der Waals surface area contributed by atoms with Crippen molar-refractivity contribution < 1.29 is 4.74 Å². The zero-order valence-corrected chi connectivity index (χ0v) is 11.0. The van der Waals surface area contributed by atoms with E-state index in [9.17, 15) is 0 Å². The van der Waals surface area contributed by atoms with Gasteiger partial charge in [0.15, 0.2) is 0 Å². The molecule has 2 heterocycles. The number of nitrogens with zero attached hydrogens (tertiary/aromatic N) is 3. The number of aromatic nitrogens is 3. The van der Waals surface area contributed by atoms with Gasteiger partial charge in [0, 0.05) is 17.6 Å². The van der Waals surface area contributed by atoms with E-state index in [4.69, 9.17) is 22.2 Å². The van der Waals surface area contributed by atoms with E-state index in [2.05, 4.69) is 20.4 Å². The number of anilines is 1. The Hall–Kier alpha value is -2.44. The summed E-state index contributed by atoms with van der Waals surface area (Å²) in [5.41, 5.74) is 3.16. The van der Waals surface area contributed by atoms with Gasteiger partial charge in [0.05, 0.1) is 11.7 Å². The van der Waals surface area contributed by atoms with E-state index < -0.39 is 0 Å². The molecule has 0 unspecified atom stereocenters. The van der Waals surface area contributed by atoms with Gasteiger partial charge in [-0.1, -0.05) is 17.7 Å². The van der Waals surface area contributed by atoms with Crippen LogP contribution < -0.4 is 16.0 Å². The first-order valence-corrected chi connectivity index (χ1v) is 6.16. The van der Waals surface area contributed by atoms with Crippen molar-refractivity contribution in [2.24, 2.45) is 5.84 Å². The Morgan fingerprint density at radius 2 is 2.10 bits per heavy atom. The maximum Gasteiger partial charge on any atom is 0.243 e. The first kappa shape index (κ1) is 12.6. The molecule has 0 aliphatic carbocycles. The minimum atomic E-state index is 0.225. The van der Waals surface area contributed by atoms with Crippen LogP contribution in [-0.2, 0) is 0 Å². The van der Waals surface area contributed by atoms with Crippen LogP contribution >= 0.6 is 11.6 Å². The Morgan fingerprint density at radius 3 is 2.95 bits per heavy atom. The smallest absolute Gasteiger partial charge is 0.243 e. The molecule has 0 aliphatic rings. The summed E-state index contributed by atoms with van der Waals surface area (Å²) in [5, 5.41) is 1.32. The number of halogens is 1. The lowest BCUT2D eigenvalue weighted by Gasteiger charge is -2.08. The van der Waals surface area contributed by atoms with E-state index in [1.165, 1.54) is 6.20 Å². The highest BCUT2D eigenvalue weighted by atomic mass is 35.5. The van der Waals surface area contributed by atoms with E-state index in [0.717, 1.165) is 10.9 Å². The molecule has 2 aromatic heterocycles. The van der Waals surface area contributed by atoms with Crippen LogP contribution in [0, 0.1) is 0 Å². The maximum absolute atomic E-state index is 5.99. The number of nitrogens with two attached hydrogens (primary N) is 1. The number of hydrogen-bond donors (Lipinski definition) is 2. The van der Waals surface area contributed by atoms with Gasteiger partial charge in [-0.05, 0) is 18.2 Å². The van der Waals surface area contributed by atoms with Gasteiger partial charge in [0.2, 0.25) is 11.8 Å². The van der Waals surface area contributed by atoms with Crippen LogP contribution in [0.4, 0.5) is 5.95 Å². The first-order chi connectivity index (χ1) is 9.76. The van der Waals surface area contributed by atoms with E-state index >= 15 is 0 Å². The summed E-state index contributed by atoms with van der Waals surface area (Å²) in [6.45, 7) is 0. The lowest BCUT2D eigenvalue weighted by atomic mass is 10.2. The molecule has 0 amide bonds. The quantitative estimate of drug-likeness (QED) is 0.569. The van der Waals surface area contributed by atoms with Gasteiger partial charge in [-0.15, -0.1) is 0 Å². The van der Waals surface area contributed by atoms with E-state index in [-0.39, 0.29) is 11.8 Å². The molecular weight excluding hydrogens is 278 g/mol. The topological polar surface area (TPSA) is 86.0 Å². The van der Waals surface area contributed by atoms with Gasteiger partial charge in [-0.3, -0.25) is 10.4 Å². The highest BCUT2D eigenvalue weighted by Crippen LogP contribution is 2.28. The number of pyridine rings is 1. The predicted molar refractivity (Wildman–Crippen MR) is 76.7 cm³/mol. The first-order valence-electron chi connectivity index (χ1n) is 5.78. The summed E-state index contributed by atoms with van der Waals surface area (Å²) in [7, 11) is 0. The third-order valence-corrected chi connectivity index (χ3v) is 2.89. The zero-order chi connectivity index (χ0) is 13.9. The zero-order valence-electron chi connectivity index (χ0n) is 10.2. The van der Waals surface area contributed by atoms with Crippen molar-refractivity contribution in [3.8, 4) is 11.6 Å². The molecule has 0 saturated carbocycles. The van der Waals surface area contributed by atoms with Crippen molar-refractivity contribution in [3.63, 3.8) is 0 Å². The van der Waals surface area contributed by atoms with Gasteiger partial charge in [0.1, 0.15) is 10.8 Å². The Bertz CT molecular complexity index is 765. The molecule has 0 bridgehead atoms.